The molecule has 2 rings (SSSR count). The maximum atomic E-state index is 5.65. The number of anilines is 1. The lowest BCUT2D eigenvalue weighted by atomic mass is 9.92. The quantitative estimate of drug-likeness (QED) is 0.718. The molecule has 84 valence electrons. The molecule has 3 N–H and O–H groups in total. The molecule has 1 aromatic carbocycles. The number of nitrogen functional groups attached to an aromatic ring is 1. The minimum absolute atomic E-state index is 0.0963. The zero-order valence-electron chi connectivity index (χ0n) is 9.91. The first kappa shape index (κ1) is 10.7. The van der Waals surface area contributed by atoms with Crippen LogP contribution in [-0.2, 0) is 5.41 Å². The molecule has 0 saturated carbocycles. The van der Waals surface area contributed by atoms with E-state index in [1.165, 1.54) is 0 Å². The van der Waals surface area contributed by atoms with Gasteiger partial charge in [-0.15, -0.1) is 0 Å². The molecule has 0 aliphatic rings. The van der Waals surface area contributed by atoms with Gasteiger partial charge in [0.25, 0.3) is 0 Å². The van der Waals surface area contributed by atoms with E-state index in [1.54, 1.807) is 0 Å². The average Bonchev–Trinajstić information content (AvgIpc) is 2.67. The summed E-state index contributed by atoms with van der Waals surface area (Å²) in [6.45, 7) is 6.48. The van der Waals surface area contributed by atoms with Crippen molar-refractivity contribution in [1.29, 1.82) is 0 Å². The average molecular weight is 215 g/mol. The van der Waals surface area contributed by atoms with Gasteiger partial charge in [-0.05, 0) is 18.2 Å². The van der Waals surface area contributed by atoms with Crippen LogP contribution in [0.3, 0.4) is 0 Å². The number of nitrogens with one attached hydrogen (secondary N) is 1. The number of H-pyrrole nitrogens is 1. The van der Waals surface area contributed by atoms with Gasteiger partial charge < -0.3 is 5.73 Å². The smallest absolute Gasteiger partial charge is 0.0923 e. The third-order valence-electron chi connectivity index (χ3n) is 2.59. The zero-order valence-corrected chi connectivity index (χ0v) is 9.91. The number of aromatic nitrogens is 2. The first-order chi connectivity index (χ1) is 7.47. The van der Waals surface area contributed by atoms with Gasteiger partial charge in [-0.2, -0.15) is 5.10 Å². The molecular formula is C13H17N3. The van der Waals surface area contributed by atoms with Crippen LogP contribution in [0.5, 0.6) is 0 Å². The number of nitrogens with two attached hydrogens (primary N) is 1. The molecule has 0 aliphatic carbocycles. The monoisotopic (exact) mass is 215 g/mol. The number of hydrogen-bond acceptors (Lipinski definition) is 2. The molecule has 16 heavy (non-hydrogen) atoms. The van der Waals surface area contributed by atoms with Crippen molar-refractivity contribution in [3.8, 4) is 11.3 Å². The highest BCUT2D eigenvalue weighted by Gasteiger charge is 2.16. The fourth-order valence-corrected chi connectivity index (χ4v) is 1.51. The van der Waals surface area contributed by atoms with Crippen molar-refractivity contribution in [3.63, 3.8) is 0 Å². The van der Waals surface area contributed by atoms with Gasteiger partial charge >= 0.3 is 0 Å². The second-order valence-corrected chi connectivity index (χ2v) is 5.04. The Balaban J connectivity index is 2.35. The summed E-state index contributed by atoms with van der Waals surface area (Å²) in [5, 5.41) is 7.39. The van der Waals surface area contributed by atoms with Crippen molar-refractivity contribution in [1.82, 2.24) is 10.2 Å². The molecule has 0 bridgehead atoms. The fourth-order valence-electron chi connectivity index (χ4n) is 1.51. The minimum Gasteiger partial charge on any atom is -0.399 e. The van der Waals surface area contributed by atoms with E-state index in [0.29, 0.717) is 0 Å². The van der Waals surface area contributed by atoms with Gasteiger partial charge in [0.1, 0.15) is 0 Å². The van der Waals surface area contributed by atoms with Crippen LogP contribution in [0.2, 0.25) is 0 Å². The minimum atomic E-state index is 0.0963. The molecule has 0 unspecified atom stereocenters. The lowest BCUT2D eigenvalue weighted by Crippen LogP contribution is -2.11. The first-order valence-corrected chi connectivity index (χ1v) is 5.38. The Morgan fingerprint density at radius 1 is 1.12 bits per heavy atom. The number of hydrogen-bond donors (Lipinski definition) is 2. The van der Waals surface area contributed by atoms with E-state index in [4.69, 9.17) is 5.73 Å². The van der Waals surface area contributed by atoms with Gasteiger partial charge in [-0.3, -0.25) is 5.10 Å². The molecule has 0 radical (unpaired) electrons. The molecule has 0 atom stereocenters. The van der Waals surface area contributed by atoms with Crippen molar-refractivity contribution >= 4 is 5.69 Å². The third-order valence-corrected chi connectivity index (χ3v) is 2.59. The maximum absolute atomic E-state index is 5.65. The van der Waals surface area contributed by atoms with Crippen LogP contribution in [-0.4, -0.2) is 10.2 Å². The molecule has 0 saturated heterocycles. The van der Waals surface area contributed by atoms with Gasteiger partial charge in [0.15, 0.2) is 0 Å². The van der Waals surface area contributed by atoms with Crippen molar-refractivity contribution in [2.45, 2.75) is 26.2 Å². The Hall–Kier alpha value is -1.77. The topological polar surface area (TPSA) is 54.7 Å². The molecule has 0 amide bonds. The van der Waals surface area contributed by atoms with Gasteiger partial charge in [-0.1, -0.05) is 32.9 Å². The Bertz CT molecular complexity index is 475. The lowest BCUT2D eigenvalue weighted by Gasteiger charge is -2.14. The standard InChI is InChI=1S/C13H17N3/c1-13(2,3)12-8-11(15-16-12)9-4-6-10(14)7-5-9/h4-8H,14H2,1-3H3,(H,15,16). The number of nitrogens with zero attached hydrogens (tertiary/aromatic N) is 1. The summed E-state index contributed by atoms with van der Waals surface area (Å²) in [7, 11) is 0. The SMILES string of the molecule is CC(C)(C)c1cc(-c2ccc(N)cc2)n[nH]1. The van der Waals surface area contributed by atoms with Crippen LogP contribution in [0.15, 0.2) is 30.3 Å². The van der Waals surface area contributed by atoms with Gasteiger partial charge in [0, 0.05) is 22.4 Å². The summed E-state index contributed by atoms with van der Waals surface area (Å²) in [5.74, 6) is 0. The number of rotatable bonds is 1. The molecule has 2 aromatic rings. The predicted molar refractivity (Wildman–Crippen MR) is 67.1 cm³/mol. The van der Waals surface area contributed by atoms with E-state index in [-0.39, 0.29) is 5.41 Å². The van der Waals surface area contributed by atoms with Crippen LogP contribution in [0.25, 0.3) is 11.3 Å². The van der Waals surface area contributed by atoms with Crippen LogP contribution < -0.4 is 5.73 Å². The Labute approximate surface area is 95.7 Å². The van der Waals surface area contributed by atoms with Crippen LogP contribution >= 0.6 is 0 Å². The van der Waals surface area contributed by atoms with Crippen LogP contribution in [0.1, 0.15) is 26.5 Å². The van der Waals surface area contributed by atoms with Crippen molar-refractivity contribution in [3.05, 3.63) is 36.0 Å². The molecule has 3 nitrogen and oxygen atoms in total. The summed E-state index contributed by atoms with van der Waals surface area (Å²) in [6, 6.07) is 9.84. The summed E-state index contributed by atoms with van der Waals surface area (Å²) >= 11 is 0. The Kier molecular flexibility index (Phi) is 2.46. The van der Waals surface area contributed by atoms with E-state index in [9.17, 15) is 0 Å². The fraction of sp³-hybridized carbons (Fsp3) is 0.308. The van der Waals surface area contributed by atoms with Crippen molar-refractivity contribution < 1.29 is 0 Å². The van der Waals surface area contributed by atoms with Crippen molar-refractivity contribution in [2.75, 3.05) is 5.73 Å². The summed E-state index contributed by atoms with van der Waals surface area (Å²) in [6.07, 6.45) is 0. The van der Waals surface area contributed by atoms with Crippen molar-refractivity contribution in [2.24, 2.45) is 0 Å². The molecule has 0 spiro atoms. The molecule has 1 aromatic heterocycles. The number of aromatic amines is 1. The molecule has 1 heterocycles. The van der Waals surface area contributed by atoms with Gasteiger partial charge in [0.2, 0.25) is 0 Å². The zero-order chi connectivity index (χ0) is 11.8. The van der Waals surface area contributed by atoms with E-state index in [1.807, 2.05) is 24.3 Å². The second-order valence-electron chi connectivity index (χ2n) is 5.04. The van der Waals surface area contributed by atoms with Gasteiger partial charge in [-0.25, -0.2) is 0 Å². The molecular weight excluding hydrogens is 198 g/mol. The lowest BCUT2D eigenvalue weighted by molar-refractivity contribution is 0.567. The van der Waals surface area contributed by atoms with E-state index in [2.05, 4.69) is 37.0 Å². The van der Waals surface area contributed by atoms with E-state index in [0.717, 1.165) is 22.6 Å². The normalized spacial score (nSPS) is 11.7. The highest BCUT2D eigenvalue weighted by Crippen LogP contribution is 2.25. The van der Waals surface area contributed by atoms with Crippen LogP contribution in [0, 0.1) is 0 Å². The highest BCUT2D eigenvalue weighted by atomic mass is 15.1. The first-order valence-electron chi connectivity index (χ1n) is 5.38. The summed E-state index contributed by atoms with van der Waals surface area (Å²) in [4.78, 5) is 0. The second kappa shape index (κ2) is 3.67. The predicted octanol–water partition coefficient (Wildman–Crippen LogP) is 2.96. The van der Waals surface area contributed by atoms with Crippen LogP contribution in [0.4, 0.5) is 5.69 Å². The Morgan fingerprint density at radius 3 is 2.25 bits per heavy atom. The molecule has 0 fully saturated rings. The van der Waals surface area contributed by atoms with E-state index < -0.39 is 0 Å². The highest BCUT2D eigenvalue weighted by molar-refractivity contribution is 5.62. The summed E-state index contributed by atoms with van der Waals surface area (Å²) in [5.41, 5.74) is 9.71. The largest absolute Gasteiger partial charge is 0.399 e. The molecule has 0 aliphatic heterocycles. The molecule has 3 heteroatoms. The van der Waals surface area contributed by atoms with Gasteiger partial charge in [0.05, 0.1) is 5.69 Å². The van der Waals surface area contributed by atoms with E-state index >= 15 is 0 Å². The Morgan fingerprint density at radius 2 is 1.75 bits per heavy atom. The summed E-state index contributed by atoms with van der Waals surface area (Å²) < 4.78 is 0. The maximum Gasteiger partial charge on any atom is 0.0923 e. The number of benzene rings is 1. The third kappa shape index (κ3) is 2.08.